The molecule has 1 heterocycles. The lowest BCUT2D eigenvalue weighted by molar-refractivity contribution is -0.134. The Morgan fingerprint density at radius 1 is 1.60 bits per heavy atom. The highest BCUT2D eigenvalue weighted by atomic mass is 16.5. The minimum Gasteiger partial charge on any atom is -0.366 e. The fraction of sp³-hybridized carbons (Fsp3) is 0.909. The average molecular weight is 212 g/mol. The lowest BCUT2D eigenvalue weighted by atomic mass is 10.1. The van der Waals surface area contributed by atoms with E-state index in [-0.39, 0.29) is 12.0 Å². The van der Waals surface area contributed by atoms with E-state index in [1.807, 2.05) is 0 Å². The van der Waals surface area contributed by atoms with Gasteiger partial charge in [0, 0.05) is 19.6 Å². The molecule has 0 aromatic carbocycles. The van der Waals surface area contributed by atoms with Crippen LogP contribution in [0, 0.1) is 11.8 Å². The van der Waals surface area contributed by atoms with Crippen LogP contribution in [0.4, 0.5) is 0 Å². The van der Waals surface area contributed by atoms with Gasteiger partial charge >= 0.3 is 0 Å². The van der Waals surface area contributed by atoms with Gasteiger partial charge in [0.1, 0.15) is 6.10 Å². The molecule has 1 amide bonds. The molecule has 86 valence electrons. The van der Waals surface area contributed by atoms with Crippen LogP contribution in [0.1, 0.15) is 19.8 Å². The van der Waals surface area contributed by atoms with Crippen molar-refractivity contribution in [2.24, 2.45) is 11.8 Å². The zero-order chi connectivity index (χ0) is 10.7. The standard InChI is InChI=1S/C11H20N2O2/c1-8(9-2-3-9)6-13-11(14)10-7-12-4-5-15-10/h8-10,12H,2-7H2,1H3,(H,13,14). The zero-order valence-electron chi connectivity index (χ0n) is 9.29. The number of hydrogen-bond acceptors (Lipinski definition) is 3. The smallest absolute Gasteiger partial charge is 0.250 e. The lowest BCUT2D eigenvalue weighted by Crippen LogP contribution is -2.48. The number of rotatable bonds is 4. The predicted octanol–water partition coefficient (Wildman–Crippen LogP) is 0.137. The summed E-state index contributed by atoms with van der Waals surface area (Å²) >= 11 is 0. The number of nitrogens with one attached hydrogen (secondary N) is 2. The molecule has 2 unspecified atom stereocenters. The van der Waals surface area contributed by atoms with Crippen LogP contribution in [0.2, 0.25) is 0 Å². The van der Waals surface area contributed by atoms with Crippen LogP contribution < -0.4 is 10.6 Å². The van der Waals surface area contributed by atoms with Crippen molar-refractivity contribution in [1.29, 1.82) is 0 Å². The molecule has 0 aromatic heterocycles. The van der Waals surface area contributed by atoms with Crippen LogP contribution in [-0.4, -0.2) is 38.3 Å². The van der Waals surface area contributed by atoms with E-state index in [4.69, 9.17) is 4.74 Å². The molecule has 4 nitrogen and oxygen atoms in total. The molecular formula is C11H20N2O2. The lowest BCUT2D eigenvalue weighted by Gasteiger charge is -2.23. The van der Waals surface area contributed by atoms with E-state index in [1.54, 1.807) is 0 Å². The molecule has 1 aliphatic heterocycles. The maximum absolute atomic E-state index is 11.7. The van der Waals surface area contributed by atoms with Gasteiger partial charge in [0.2, 0.25) is 5.91 Å². The van der Waals surface area contributed by atoms with Gasteiger partial charge < -0.3 is 15.4 Å². The highest BCUT2D eigenvalue weighted by Crippen LogP contribution is 2.36. The fourth-order valence-electron chi connectivity index (χ4n) is 1.94. The Morgan fingerprint density at radius 3 is 3.00 bits per heavy atom. The molecule has 0 spiro atoms. The van der Waals surface area contributed by atoms with Crippen LogP contribution in [-0.2, 0) is 9.53 Å². The van der Waals surface area contributed by atoms with Crippen molar-refractivity contribution in [1.82, 2.24) is 10.6 Å². The Balaban J connectivity index is 1.66. The van der Waals surface area contributed by atoms with Gasteiger partial charge in [-0.25, -0.2) is 0 Å². The molecule has 0 aromatic rings. The van der Waals surface area contributed by atoms with Gasteiger partial charge in [-0.05, 0) is 24.7 Å². The summed E-state index contributed by atoms with van der Waals surface area (Å²) in [5, 5.41) is 6.12. The first kappa shape index (κ1) is 10.9. The summed E-state index contributed by atoms with van der Waals surface area (Å²) in [4.78, 5) is 11.7. The molecule has 2 atom stereocenters. The van der Waals surface area contributed by atoms with E-state index in [2.05, 4.69) is 17.6 Å². The molecule has 2 aliphatic rings. The third-order valence-corrected chi connectivity index (χ3v) is 3.25. The number of hydrogen-bond donors (Lipinski definition) is 2. The Hall–Kier alpha value is -0.610. The van der Waals surface area contributed by atoms with E-state index in [9.17, 15) is 4.79 Å². The third-order valence-electron chi connectivity index (χ3n) is 3.25. The minimum absolute atomic E-state index is 0.0368. The van der Waals surface area contributed by atoms with E-state index in [0.717, 1.165) is 19.0 Å². The summed E-state index contributed by atoms with van der Waals surface area (Å²) in [5.74, 6) is 1.50. The fourth-order valence-corrected chi connectivity index (χ4v) is 1.94. The molecule has 2 rings (SSSR count). The number of carbonyl (C=O) groups excluding carboxylic acids is 1. The van der Waals surface area contributed by atoms with Gasteiger partial charge in [-0.1, -0.05) is 6.92 Å². The van der Waals surface area contributed by atoms with Crippen LogP contribution in [0.25, 0.3) is 0 Å². The van der Waals surface area contributed by atoms with Crippen molar-refractivity contribution < 1.29 is 9.53 Å². The van der Waals surface area contributed by atoms with E-state index in [0.29, 0.717) is 19.1 Å². The molecule has 4 heteroatoms. The highest BCUT2D eigenvalue weighted by molar-refractivity contribution is 5.81. The van der Waals surface area contributed by atoms with Gasteiger partial charge in [0.05, 0.1) is 6.61 Å². The first-order valence-electron chi connectivity index (χ1n) is 5.87. The second kappa shape index (κ2) is 4.94. The molecule has 0 bridgehead atoms. The number of carbonyl (C=O) groups is 1. The summed E-state index contributed by atoms with van der Waals surface area (Å²) in [6, 6.07) is 0. The summed E-state index contributed by atoms with van der Waals surface area (Å²) in [5.41, 5.74) is 0. The van der Waals surface area contributed by atoms with E-state index in [1.165, 1.54) is 12.8 Å². The summed E-state index contributed by atoms with van der Waals surface area (Å²) in [6.07, 6.45) is 2.38. The molecule has 1 saturated heterocycles. The van der Waals surface area contributed by atoms with Gasteiger partial charge in [-0.2, -0.15) is 0 Å². The SMILES string of the molecule is CC(CNC(=O)C1CNCCO1)C1CC1. The number of amides is 1. The molecule has 2 fully saturated rings. The van der Waals surface area contributed by atoms with Crippen molar-refractivity contribution in [2.75, 3.05) is 26.2 Å². The van der Waals surface area contributed by atoms with Gasteiger partial charge in [-0.15, -0.1) is 0 Å². The molecule has 2 N–H and O–H groups in total. The second-order valence-corrected chi connectivity index (χ2v) is 4.62. The van der Waals surface area contributed by atoms with Gasteiger partial charge in [0.25, 0.3) is 0 Å². The summed E-state index contributed by atoms with van der Waals surface area (Å²) < 4.78 is 5.37. The predicted molar refractivity (Wildman–Crippen MR) is 57.5 cm³/mol. The van der Waals surface area contributed by atoms with Crippen molar-refractivity contribution in [2.45, 2.75) is 25.9 Å². The second-order valence-electron chi connectivity index (χ2n) is 4.62. The molecule has 15 heavy (non-hydrogen) atoms. The zero-order valence-corrected chi connectivity index (χ0v) is 9.29. The summed E-state index contributed by atoms with van der Waals surface area (Å²) in [6.45, 7) is 5.13. The summed E-state index contributed by atoms with van der Waals surface area (Å²) in [7, 11) is 0. The molecule has 1 saturated carbocycles. The van der Waals surface area contributed by atoms with Crippen LogP contribution >= 0.6 is 0 Å². The first-order chi connectivity index (χ1) is 7.27. The quantitative estimate of drug-likeness (QED) is 0.697. The third kappa shape index (κ3) is 3.18. The topological polar surface area (TPSA) is 50.4 Å². The first-order valence-corrected chi connectivity index (χ1v) is 5.87. The number of morpholine rings is 1. The maximum atomic E-state index is 11.7. The Labute approximate surface area is 90.8 Å². The van der Waals surface area contributed by atoms with Crippen molar-refractivity contribution >= 4 is 5.91 Å². The van der Waals surface area contributed by atoms with Crippen molar-refractivity contribution in [3.05, 3.63) is 0 Å². The van der Waals surface area contributed by atoms with Crippen LogP contribution in [0.3, 0.4) is 0 Å². The van der Waals surface area contributed by atoms with E-state index >= 15 is 0 Å². The maximum Gasteiger partial charge on any atom is 0.250 e. The van der Waals surface area contributed by atoms with Gasteiger partial charge in [0.15, 0.2) is 0 Å². The molecular weight excluding hydrogens is 192 g/mol. The van der Waals surface area contributed by atoms with Crippen molar-refractivity contribution in [3.63, 3.8) is 0 Å². The Bertz CT molecular complexity index is 223. The van der Waals surface area contributed by atoms with Crippen LogP contribution in [0.5, 0.6) is 0 Å². The number of ether oxygens (including phenoxy) is 1. The molecule has 1 aliphatic carbocycles. The average Bonchev–Trinajstić information content (AvgIpc) is 3.10. The largest absolute Gasteiger partial charge is 0.366 e. The van der Waals surface area contributed by atoms with E-state index < -0.39 is 0 Å². The minimum atomic E-state index is -0.287. The monoisotopic (exact) mass is 212 g/mol. The van der Waals surface area contributed by atoms with Crippen molar-refractivity contribution in [3.8, 4) is 0 Å². The molecule has 0 radical (unpaired) electrons. The highest BCUT2D eigenvalue weighted by Gasteiger charge is 2.29. The Morgan fingerprint density at radius 2 is 2.40 bits per heavy atom. The van der Waals surface area contributed by atoms with Crippen LogP contribution in [0.15, 0.2) is 0 Å². The van der Waals surface area contributed by atoms with Gasteiger partial charge in [-0.3, -0.25) is 4.79 Å². The normalized spacial score (nSPS) is 28.5. The Kier molecular flexibility index (Phi) is 3.59.